The van der Waals surface area contributed by atoms with E-state index in [4.69, 9.17) is 5.73 Å². The number of carbonyl (C=O) groups excluding carboxylic acids is 1. The van der Waals surface area contributed by atoms with Gasteiger partial charge in [-0.05, 0) is 64.7 Å². The summed E-state index contributed by atoms with van der Waals surface area (Å²) in [5, 5.41) is 3.23. The Balaban J connectivity index is 2.10. The summed E-state index contributed by atoms with van der Waals surface area (Å²) in [6.45, 7) is 6.77. The summed E-state index contributed by atoms with van der Waals surface area (Å²) in [6.07, 6.45) is 3.54. The molecule has 4 heteroatoms. The van der Waals surface area contributed by atoms with Crippen LogP contribution in [0.25, 0.3) is 0 Å². The molecule has 0 heterocycles. The Morgan fingerprint density at radius 3 is 2.71 bits per heavy atom. The number of rotatable bonds is 3. The van der Waals surface area contributed by atoms with Crippen LogP contribution in [0.1, 0.15) is 50.4 Å². The molecule has 3 nitrogen and oxygen atoms in total. The molecular formula is C17H25BrN2O. The van der Waals surface area contributed by atoms with E-state index in [1.165, 1.54) is 12.8 Å². The van der Waals surface area contributed by atoms with Crippen LogP contribution in [0, 0.1) is 17.8 Å². The summed E-state index contributed by atoms with van der Waals surface area (Å²) in [5.74, 6) is 1.83. The minimum atomic E-state index is -0.0149. The zero-order valence-electron chi connectivity index (χ0n) is 13.0. The van der Waals surface area contributed by atoms with Gasteiger partial charge in [0.1, 0.15) is 0 Å². The number of benzene rings is 1. The Morgan fingerprint density at radius 2 is 2.10 bits per heavy atom. The number of halogens is 1. The molecule has 116 valence electrons. The predicted octanol–water partition coefficient (Wildman–Crippen LogP) is 4.22. The molecule has 1 saturated carbocycles. The topological polar surface area (TPSA) is 55.1 Å². The summed E-state index contributed by atoms with van der Waals surface area (Å²) in [5.41, 5.74) is 7.10. The van der Waals surface area contributed by atoms with Crippen molar-refractivity contribution in [3.63, 3.8) is 0 Å². The van der Waals surface area contributed by atoms with Crippen LogP contribution in [-0.4, -0.2) is 11.9 Å². The lowest BCUT2D eigenvalue weighted by molar-refractivity contribution is 0.0868. The predicted molar refractivity (Wildman–Crippen MR) is 91.2 cm³/mol. The van der Waals surface area contributed by atoms with Gasteiger partial charge in [-0.3, -0.25) is 4.79 Å². The monoisotopic (exact) mass is 352 g/mol. The molecule has 1 aliphatic carbocycles. The Kier molecular flexibility index (Phi) is 5.31. The highest BCUT2D eigenvalue weighted by Gasteiger charge is 2.31. The van der Waals surface area contributed by atoms with E-state index >= 15 is 0 Å². The number of anilines is 1. The number of carbonyl (C=O) groups is 1. The van der Waals surface area contributed by atoms with Crippen LogP contribution in [0.4, 0.5) is 5.69 Å². The molecule has 2 rings (SSSR count). The van der Waals surface area contributed by atoms with Crippen molar-refractivity contribution in [3.8, 4) is 0 Å². The molecule has 3 unspecified atom stereocenters. The average Bonchev–Trinajstić information content (AvgIpc) is 2.41. The van der Waals surface area contributed by atoms with Crippen LogP contribution in [0.3, 0.4) is 0 Å². The summed E-state index contributed by atoms with van der Waals surface area (Å²) in [7, 11) is 0. The van der Waals surface area contributed by atoms with Crippen molar-refractivity contribution >= 4 is 27.5 Å². The van der Waals surface area contributed by atoms with E-state index in [1.807, 2.05) is 12.1 Å². The molecular weight excluding hydrogens is 328 g/mol. The molecule has 0 spiro atoms. The van der Waals surface area contributed by atoms with E-state index in [1.54, 1.807) is 6.07 Å². The van der Waals surface area contributed by atoms with Gasteiger partial charge >= 0.3 is 0 Å². The summed E-state index contributed by atoms with van der Waals surface area (Å²) in [4.78, 5) is 12.5. The lowest BCUT2D eigenvalue weighted by Gasteiger charge is -2.37. The second-order valence-electron chi connectivity index (χ2n) is 6.64. The number of amides is 1. The maximum atomic E-state index is 12.5. The van der Waals surface area contributed by atoms with Crippen molar-refractivity contribution in [1.82, 2.24) is 5.32 Å². The van der Waals surface area contributed by atoms with Gasteiger partial charge in [0, 0.05) is 21.8 Å². The second kappa shape index (κ2) is 6.82. The van der Waals surface area contributed by atoms with Crippen LogP contribution in [0.2, 0.25) is 0 Å². The van der Waals surface area contributed by atoms with E-state index in [9.17, 15) is 4.79 Å². The average molecular weight is 353 g/mol. The summed E-state index contributed by atoms with van der Waals surface area (Å²) in [6, 6.07) is 5.64. The van der Waals surface area contributed by atoms with Crippen molar-refractivity contribution in [2.45, 2.75) is 46.1 Å². The van der Waals surface area contributed by atoms with Gasteiger partial charge < -0.3 is 11.1 Å². The Bertz CT molecular complexity index is 516. The van der Waals surface area contributed by atoms with Crippen molar-refractivity contribution in [2.24, 2.45) is 17.8 Å². The van der Waals surface area contributed by atoms with Gasteiger partial charge in [0.05, 0.1) is 0 Å². The standard InChI is InChI=1S/C17H25BrN2O/c1-10(2)13-6-4-11(3)8-16(13)20-17(21)12-5-7-14(18)15(19)9-12/h5,7,9-11,13,16H,4,6,8,19H2,1-3H3,(H,20,21). The molecule has 1 aromatic carbocycles. The lowest BCUT2D eigenvalue weighted by Crippen LogP contribution is -2.45. The molecule has 21 heavy (non-hydrogen) atoms. The first-order chi connectivity index (χ1) is 9.88. The van der Waals surface area contributed by atoms with Gasteiger partial charge in [-0.1, -0.05) is 27.2 Å². The highest BCUT2D eigenvalue weighted by atomic mass is 79.9. The molecule has 0 aromatic heterocycles. The maximum Gasteiger partial charge on any atom is 0.251 e. The first-order valence-corrected chi connectivity index (χ1v) is 8.53. The molecule has 3 N–H and O–H groups in total. The smallest absolute Gasteiger partial charge is 0.251 e. The number of hydrogen-bond acceptors (Lipinski definition) is 2. The maximum absolute atomic E-state index is 12.5. The molecule has 1 amide bonds. The second-order valence-corrected chi connectivity index (χ2v) is 7.50. The van der Waals surface area contributed by atoms with E-state index in [2.05, 4.69) is 42.0 Å². The zero-order chi connectivity index (χ0) is 15.6. The third-order valence-electron chi connectivity index (χ3n) is 4.60. The van der Waals surface area contributed by atoms with Crippen molar-refractivity contribution in [2.75, 3.05) is 5.73 Å². The van der Waals surface area contributed by atoms with E-state index in [0.29, 0.717) is 29.0 Å². The van der Waals surface area contributed by atoms with E-state index < -0.39 is 0 Å². The molecule has 0 saturated heterocycles. The molecule has 1 fully saturated rings. The van der Waals surface area contributed by atoms with Crippen LogP contribution in [-0.2, 0) is 0 Å². The van der Waals surface area contributed by atoms with Gasteiger partial charge in [-0.15, -0.1) is 0 Å². The SMILES string of the molecule is CC1CCC(C(C)C)C(NC(=O)c2ccc(Br)c(N)c2)C1. The lowest BCUT2D eigenvalue weighted by atomic mass is 9.74. The molecule has 1 aliphatic rings. The van der Waals surface area contributed by atoms with Crippen LogP contribution < -0.4 is 11.1 Å². The van der Waals surface area contributed by atoms with Crippen LogP contribution >= 0.6 is 15.9 Å². The van der Waals surface area contributed by atoms with Gasteiger partial charge in [-0.25, -0.2) is 0 Å². The fourth-order valence-corrected chi connectivity index (χ4v) is 3.55. The van der Waals surface area contributed by atoms with Gasteiger partial charge in [0.2, 0.25) is 0 Å². The Labute approximate surface area is 135 Å². The molecule has 0 radical (unpaired) electrons. The van der Waals surface area contributed by atoms with Gasteiger partial charge in [-0.2, -0.15) is 0 Å². The third-order valence-corrected chi connectivity index (χ3v) is 5.32. The van der Waals surface area contributed by atoms with E-state index in [-0.39, 0.29) is 11.9 Å². The zero-order valence-corrected chi connectivity index (χ0v) is 14.6. The molecule has 0 bridgehead atoms. The minimum Gasteiger partial charge on any atom is -0.398 e. The number of nitrogen functional groups attached to an aromatic ring is 1. The molecule has 0 aliphatic heterocycles. The largest absolute Gasteiger partial charge is 0.398 e. The van der Waals surface area contributed by atoms with Crippen molar-refractivity contribution in [3.05, 3.63) is 28.2 Å². The van der Waals surface area contributed by atoms with Gasteiger partial charge in [0.25, 0.3) is 5.91 Å². The number of nitrogens with one attached hydrogen (secondary N) is 1. The van der Waals surface area contributed by atoms with Crippen molar-refractivity contribution < 1.29 is 4.79 Å². The highest BCUT2D eigenvalue weighted by molar-refractivity contribution is 9.10. The fraction of sp³-hybridized carbons (Fsp3) is 0.588. The van der Waals surface area contributed by atoms with Crippen LogP contribution in [0.15, 0.2) is 22.7 Å². The summed E-state index contributed by atoms with van der Waals surface area (Å²) < 4.78 is 0.824. The fourth-order valence-electron chi connectivity index (χ4n) is 3.30. The minimum absolute atomic E-state index is 0.0149. The van der Waals surface area contributed by atoms with E-state index in [0.717, 1.165) is 10.9 Å². The first-order valence-electron chi connectivity index (χ1n) is 7.74. The van der Waals surface area contributed by atoms with Gasteiger partial charge in [0.15, 0.2) is 0 Å². The quantitative estimate of drug-likeness (QED) is 0.800. The van der Waals surface area contributed by atoms with Crippen LogP contribution in [0.5, 0.6) is 0 Å². The third kappa shape index (κ3) is 4.00. The Morgan fingerprint density at radius 1 is 1.38 bits per heavy atom. The van der Waals surface area contributed by atoms with Crippen molar-refractivity contribution in [1.29, 1.82) is 0 Å². The normalized spacial score (nSPS) is 25.9. The highest BCUT2D eigenvalue weighted by Crippen LogP contribution is 2.33. The number of hydrogen-bond donors (Lipinski definition) is 2. The number of nitrogens with two attached hydrogens (primary N) is 1. The Hall–Kier alpha value is -1.03. The first kappa shape index (κ1) is 16.3. The summed E-state index contributed by atoms with van der Waals surface area (Å²) >= 11 is 3.36. The molecule has 1 aromatic rings. The molecule has 3 atom stereocenters.